The zero-order valence-corrected chi connectivity index (χ0v) is 21.0. The van der Waals surface area contributed by atoms with Gasteiger partial charge in [0.15, 0.2) is 0 Å². The first kappa shape index (κ1) is 25.6. The number of hydrogen-bond acceptors (Lipinski definition) is 5. The Labute approximate surface area is 198 Å². The number of carbonyl (C=O) groups excluding carboxylic acids is 1. The van der Waals surface area contributed by atoms with E-state index in [0.717, 1.165) is 50.1 Å². The van der Waals surface area contributed by atoms with Crippen molar-refractivity contribution in [2.75, 3.05) is 37.7 Å². The first-order valence-electron chi connectivity index (χ1n) is 12.1. The van der Waals surface area contributed by atoms with E-state index in [1.165, 1.54) is 0 Å². The maximum atomic E-state index is 13.1. The average molecular weight is 473 g/mol. The van der Waals surface area contributed by atoms with Crippen molar-refractivity contribution in [1.82, 2.24) is 4.90 Å². The molecule has 6 nitrogen and oxygen atoms in total. The molecular formula is C26H37N2O4P. The first-order valence-corrected chi connectivity index (χ1v) is 13.6. The molecule has 1 aliphatic rings. The minimum Gasteiger partial charge on any atom is -0.309 e. The predicted octanol–water partition coefficient (Wildman–Crippen LogP) is 5.03. The lowest BCUT2D eigenvalue weighted by atomic mass is 10.0. The first-order chi connectivity index (χ1) is 16.0. The Kier molecular flexibility index (Phi) is 9.69. The highest BCUT2D eigenvalue weighted by atomic mass is 31.2. The molecule has 0 saturated carbocycles. The van der Waals surface area contributed by atoms with E-state index in [1.807, 2.05) is 74.2 Å². The lowest BCUT2D eigenvalue weighted by molar-refractivity contribution is -0.119. The van der Waals surface area contributed by atoms with Crippen molar-refractivity contribution in [3.8, 4) is 0 Å². The number of hydrogen-bond donors (Lipinski definition) is 0. The molecule has 0 aliphatic carbocycles. The molecule has 180 valence electrons. The molecule has 1 saturated heterocycles. The number of carbonyl (C=O) groups is 1. The molecule has 0 radical (unpaired) electrons. The van der Waals surface area contributed by atoms with Crippen molar-refractivity contribution >= 4 is 24.5 Å². The van der Waals surface area contributed by atoms with Crippen LogP contribution in [0.1, 0.15) is 45.6 Å². The lowest BCUT2D eigenvalue weighted by Crippen LogP contribution is -2.47. The summed E-state index contributed by atoms with van der Waals surface area (Å²) in [5, 5.41) is 0.624. The molecule has 0 aromatic heterocycles. The minimum atomic E-state index is -3.27. The van der Waals surface area contributed by atoms with Crippen LogP contribution in [0.2, 0.25) is 0 Å². The molecule has 0 spiro atoms. The highest BCUT2D eigenvalue weighted by Crippen LogP contribution is 2.46. The van der Waals surface area contributed by atoms with Gasteiger partial charge in [0.2, 0.25) is 5.91 Å². The SMILES string of the molecule is CCOP(=O)(OCC)c1cccc(CCN2CCC(N(C(=O)CC)c3ccccc3)CC2)c1. The van der Waals surface area contributed by atoms with Gasteiger partial charge >= 0.3 is 7.60 Å². The number of para-hydroxylation sites is 1. The molecule has 1 fully saturated rings. The zero-order chi connectivity index (χ0) is 23.7. The van der Waals surface area contributed by atoms with Gasteiger partial charge in [-0.2, -0.15) is 0 Å². The van der Waals surface area contributed by atoms with E-state index in [0.29, 0.717) is 24.9 Å². The normalized spacial score (nSPS) is 15.5. The lowest BCUT2D eigenvalue weighted by Gasteiger charge is -2.38. The van der Waals surface area contributed by atoms with Crippen LogP contribution >= 0.6 is 7.60 Å². The van der Waals surface area contributed by atoms with Crippen molar-refractivity contribution in [2.45, 2.75) is 52.5 Å². The third-order valence-corrected chi connectivity index (χ3v) is 8.18. The number of anilines is 1. The van der Waals surface area contributed by atoms with Crippen molar-refractivity contribution in [3.63, 3.8) is 0 Å². The summed E-state index contributed by atoms with van der Waals surface area (Å²) in [7, 11) is -3.27. The summed E-state index contributed by atoms with van der Waals surface area (Å²) in [5.74, 6) is 0.185. The van der Waals surface area contributed by atoms with Gasteiger partial charge in [0.1, 0.15) is 0 Å². The van der Waals surface area contributed by atoms with E-state index in [9.17, 15) is 9.36 Å². The van der Waals surface area contributed by atoms with Gasteiger partial charge in [0.25, 0.3) is 0 Å². The van der Waals surface area contributed by atoms with E-state index in [4.69, 9.17) is 9.05 Å². The van der Waals surface area contributed by atoms with Crippen LogP contribution in [-0.2, 0) is 24.8 Å². The van der Waals surface area contributed by atoms with E-state index in [2.05, 4.69) is 11.0 Å². The number of piperidine rings is 1. The molecule has 0 N–H and O–H groups in total. The Morgan fingerprint density at radius 2 is 1.67 bits per heavy atom. The summed E-state index contributed by atoms with van der Waals surface area (Å²) in [5.41, 5.74) is 2.12. The van der Waals surface area contributed by atoms with E-state index in [-0.39, 0.29) is 11.9 Å². The number of nitrogens with zero attached hydrogens (tertiary/aromatic N) is 2. The number of amides is 1. The molecule has 2 aromatic rings. The van der Waals surface area contributed by atoms with Crippen molar-refractivity contribution in [1.29, 1.82) is 0 Å². The summed E-state index contributed by atoms with van der Waals surface area (Å²) in [4.78, 5) is 17.1. The van der Waals surface area contributed by atoms with Gasteiger partial charge in [-0.15, -0.1) is 0 Å². The molecule has 33 heavy (non-hydrogen) atoms. The molecule has 1 heterocycles. The summed E-state index contributed by atoms with van der Waals surface area (Å²) in [6, 6.07) is 18.0. The van der Waals surface area contributed by atoms with E-state index in [1.54, 1.807) is 0 Å². The van der Waals surface area contributed by atoms with Crippen molar-refractivity contribution in [3.05, 3.63) is 60.2 Å². The van der Waals surface area contributed by atoms with Gasteiger partial charge in [-0.3, -0.25) is 9.36 Å². The molecule has 2 aromatic carbocycles. The number of likely N-dealkylation sites (tertiary alicyclic amines) is 1. The van der Waals surface area contributed by atoms with E-state index < -0.39 is 7.60 Å². The van der Waals surface area contributed by atoms with Crippen LogP contribution in [0.3, 0.4) is 0 Å². The van der Waals surface area contributed by atoms with Crippen LogP contribution in [-0.4, -0.2) is 49.7 Å². The molecule has 0 atom stereocenters. The fourth-order valence-electron chi connectivity index (χ4n) is 4.41. The second kappa shape index (κ2) is 12.5. The largest absolute Gasteiger partial charge is 0.361 e. The highest BCUT2D eigenvalue weighted by Gasteiger charge is 2.29. The van der Waals surface area contributed by atoms with Crippen LogP contribution in [0.4, 0.5) is 5.69 Å². The maximum absolute atomic E-state index is 13.1. The fraction of sp³-hybridized carbons (Fsp3) is 0.500. The Balaban J connectivity index is 1.58. The number of rotatable bonds is 11. The Bertz CT molecular complexity index is 919. The molecule has 0 unspecified atom stereocenters. The quantitative estimate of drug-likeness (QED) is 0.430. The van der Waals surface area contributed by atoms with Crippen molar-refractivity contribution < 1.29 is 18.4 Å². The standard InChI is InChI=1S/C26H37N2O4P/c1-4-26(29)28(23-12-8-7-9-13-23)24-16-19-27(20-17-24)18-15-22-11-10-14-25(21-22)33(30,31-5-2)32-6-3/h7-14,21,24H,4-6,15-20H2,1-3H3. The second-order valence-corrected chi connectivity index (χ2v) is 10.3. The fourth-order valence-corrected chi connectivity index (χ4v) is 6.06. The summed E-state index contributed by atoms with van der Waals surface area (Å²) >= 11 is 0. The number of benzene rings is 2. The maximum Gasteiger partial charge on any atom is 0.361 e. The second-order valence-electron chi connectivity index (χ2n) is 8.28. The molecule has 1 aliphatic heterocycles. The van der Waals surface area contributed by atoms with Gasteiger partial charge in [-0.05, 0) is 62.9 Å². The van der Waals surface area contributed by atoms with Crippen LogP contribution in [0.25, 0.3) is 0 Å². The summed E-state index contributed by atoms with van der Waals surface area (Å²) < 4.78 is 24.1. The Hall–Kier alpha value is -1.98. The van der Waals surface area contributed by atoms with Crippen LogP contribution in [0, 0.1) is 0 Å². The molecular weight excluding hydrogens is 435 g/mol. The van der Waals surface area contributed by atoms with Crippen LogP contribution in [0.15, 0.2) is 54.6 Å². The minimum absolute atomic E-state index is 0.185. The van der Waals surface area contributed by atoms with Crippen LogP contribution in [0.5, 0.6) is 0 Å². The Morgan fingerprint density at radius 3 is 2.27 bits per heavy atom. The van der Waals surface area contributed by atoms with Gasteiger partial charge in [-0.1, -0.05) is 37.3 Å². The van der Waals surface area contributed by atoms with Gasteiger partial charge in [0.05, 0.1) is 18.5 Å². The van der Waals surface area contributed by atoms with Crippen molar-refractivity contribution in [2.24, 2.45) is 0 Å². The summed E-state index contributed by atoms with van der Waals surface area (Å²) in [6.45, 7) is 9.11. The topological polar surface area (TPSA) is 59.1 Å². The molecule has 0 bridgehead atoms. The molecule has 1 amide bonds. The third-order valence-electron chi connectivity index (χ3n) is 6.07. The van der Waals surface area contributed by atoms with Crippen LogP contribution < -0.4 is 10.2 Å². The monoisotopic (exact) mass is 472 g/mol. The third kappa shape index (κ3) is 6.77. The van der Waals surface area contributed by atoms with Gasteiger partial charge in [0, 0.05) is 37.8 Å². The Morgan fingerprint density at radius 1 is 1.00 bits per heavy atom. The molecule has 3 rings (SSSR count). The van der Waals surface area contributed by atoms with Gasteiger partial charge < -0.3 is 18.8 Å². The predicted molar refractivity (Wildman–Crippen MR) is 134 cm³/mol. The van der Waals surface area contributed by atoms with Gasteiger partial charge in [-0.25, -0.2) is 0 Å². The van der Waals surface area contributed by atoms with E-state index >= 15 is 0 Å². The average Bonchev–Trinajstić information content (AvgIpc) is 2.85. The zero-order valence-electron chi connectivity index (χ0n) is 20.1. The molecule has 7 heteroatoms. The summed E-state index contributed by atoms with van der Waals surface area (Å²) in [6.07, 6.45) is 3.31. The smallest absolute Gasteiger partial charge is 0.309 e. The highest BCUT2D eigenvalue weighted by molar-refractivity contribution is 7.62.